The number of nitrogens with zero attached hydrogens (tertiary/aromatic N) is 1. The zero-order valence-electron chi connectivity index (χ0n) is 13.1. The van der Waals surface area contributed by atoms with Crippen molar-refractivity contribution in [2.75, 3.05) is 18.1 Å². The topological polar surface area (TPSA) is 86.7 Å². The molecule has 1 atom stereocenters. The second-order valence-electron chi connectivity index (χ2n) is 5.61. The van der Waals surface area contributed by atoms with E-state index in [2.05, 4.69) is 6.92 Å². The van der Waals surface area contributed by atoms with Crippen LogP contribution >= 0.6 is 0 Å². The minimum atomic E-state index is -1.21. The summed E-state index contributed by atoms with van der Waals surface area (Å²) in [6.07, 6.45) is 2.86. The lowest BCUT2D eigenvalue weighted by atomic mass is 10.1. The van der Waals surface area contributed by atoms with Gasteiger partial charge >= 0.3 is 5.97 Å². The summed E-state index contributed by atoms with van der Waals surface area (Å²) in [5, 5.41) is 10.9. The second kappa shape index (κ2) is 7.76. The molecule has 1 saturated heterocycles. The Labute approximate surface area is 135 Å². The molecule has 2 rings (SSSR count). The Morgan fingerprint density at radius 2 is 1.96 bits per heavy atom. The normalized spacial score (nSPS) is 17.3. The third-order valence-electron chi connectivity index (χ3n) is 3.85. The lowest BCUT2D eigenvalue weighted by Crippen LogP contribution is -2.33. The summed E-state index contributed by atoms with van der Waals surface area (Å²) in [4.78, 5) is 36.0. The van der Waals surface area contributed by atoms with E-state index < -0.39 is 17.9 Å². The molecule has 124 valence electrons. The van der Waals surface area contributed by atoms with Gasteiger partial charge in [-0.3, -0.25) is 4.79 Å². The van der Waals surface area contributed by atoms with Crippen LogP contribution in [0.1, 0.15) is 43.0 Å². The maximum atomic E-state index is 11.9. The number of ether oxygens (including phenoxy) is 1. The Hall–Kier alpha value is -2.37. The molecule has 0 aromatic heterocycles. The van der Waals surface area contributed by atoms with Crippen molar-refractivity contribution in [3.63, 3.8) is 0 Å². The van der Waals surface area contributed by atoms with Gasteiger partial charge in [-0.1, -0.05) is 19.8 Å². The highest BCUT2D eigenvalue weighted by molar-refractivity contribution is 5.99. The molecule has 0 spiro atoms. The molecule has 1 aromatic carbocycles. The summed E-state index contributed by atoms with van der Waals surface area (Å²) in [7, 11) is 0. The molecule has 0 unspecified atom stereocenters. The molecule has 0 radical (unpaired) electrons. The largest absolute Gasteiger partial charge is 0.550 e. The number of rotatable bonds is 7. The molecule has 6 nitrogen and oxygen atoms in total. The molecule has 1 aliphatic heterocycles. The van der Waals surface area contributed by atoms with Gasteiger partial charge in [-0.25, -0.2) is 4.79 Å². The molecule has 0 bridgehead atoms. The number of anilines is 1. The van der Waals surface area contributed by atoms with Gasteiger partial charge < -0.3 is 19.5 Å². The van der Waals surface area contributed by atoms with Crippen molar-refractivity contribution in [3.8, 4) is 0 Å². The van der Waals surface area contributed by atoms with Crippen LogP contribution in [0.4, 0.5) is 5.69 Å². The Morgan fingerprint density at radius 3 is 2.52 bits per heavy atom. The summed E-state index contributed by atoms with van der Waals surface area (Å²) in [5.74, 6) is -2.65. The van der Waals surface area contributed by atoms with Crippen LogP contribution in [0.15, 0.2) is 24.3 Å². The van der Waals surface area contributed by atoms with E-state index >= 15 is 0 Å². The van der Waals surface area contributed by atoms with E-state index in [9.17, 15) is 19.5 Å². The molecule has 1 heterocycles. The van der Waals surface area contributed by atoms with Crippen molar-refractivity contribution in [2.45, 2.75) is 32.6 Å². The molecule has 1 aromatic rings. The van der Waals surface area contributed by atoms with Gasteiger partial charge in [0, 0.05) is 30.5 Å². The summed E-state index contributed by atoms with van der Waals surface area (Å²) < 4.78 is 5.16. The van der Waals surface area contributed by atoms with E-state index in [1.807, 2.05) is 0 Å². The molecular formula is C17H20NO5-. The number of carbonyl (C=O) groups is 3. The van der Waals surface area contributed by atoms with Crippen LogP contribution in [-0.4, -0.2) is 31.0 Å². The van der Waals surface area contributed by atoms with Gasteiger partial charge in [0.05, 0.1) is 12.2 Å². The smallest absolute Gasteiger partial charge is 0.338 e. The van der Waals surface area contributed by atoms with Crippen molar-refractivity contribution in [2.24, 2.45) is 5.92 Å². The first kappa shape index (κ1) is 17.0. The van der Waals surface area contributed by atoms with Crippen LogP contribution in [0.3, 0.4) is 0 Å². The molecule has 0 aliphatic carbocycles. The highest BCUT2D eigenvalue weighted by Gasteiger charge is 2.31. The number of carbonyl (C=O) groups excluding carboxylic acids is 3. The molecule has 1 fully saturated rings. The fourth-order valence-corrected chi connectivity index (χ4v) is 2.49. The van der Waals surface area contributed by atoms with Gasteiger partial charge in [0.25, 0.3) is 0 Å². The maximum absolute atomic E-state index is 11.9. The number of benzene rings is 1. The number of hydrogen-bond donors (Lipinski definition) is 0. The van der Waals surface area contributed by atoms with Crippen LogP contribution in [0.25, 0.3) is 0 Å². The fourth-order valence-electron chi connectivity index (χ4n) is 2.49. The predicted octanol–water partition coefficient (Wildman–Crippen LogP) is 1.14. The molecule has 0 saturated carbocycles. The first-order chi connectivity index (χ1) is 11.0. The number of esters is 1. The van der Waals surface area contributed by atoms with E-state index in [0.29, 0.717) is 17.9 Å². The molecule has 0 N–H and O–H groups in total. The van der Waals surface area contributed by atoms with E-state index in [4.69, 9.17) is 4.74 Å². The van der Waals surface area contributed by atoms with Crippen LogP contribution in [0.5, 0.6) is 0 Å². The van der Waals surface area contributed by atoms with Crippen molar-refractivity contribution < 1.29 is 24.2 Å². The van der Waals surface area contributed by atoms with E-state index in [-0.39, 0.29) is 18.9 Å². The Kier molecular flexibility index (Phi) is 5.73. The van der Waals surface area contributed by atoms with Gasteiger partial charge in [-0.2, -0.15) is 0 Å². The molecule has 23 heavy (non-hydrogen) atoms. The number of aliphatic carboxylic acids is 1. The monoisotopic (exact) mass is 318 g/mol. The predicted molar refractivity (Wildman–Crippen MR) is 81.7 cm³/mol. The van der Waals surface area contributed by atoms with Gasteiger partial charge in [-0.05, 0) is 30.7 Å². The average molecular weight is 318 g/mol. The third kappa shape index (κ3) is 4.31. The Morgan fingerprint density at radius 1 is 1.26 bits per heavy atom. The zero-order chi connectivity index (χ0) is 16.8. The number of hydrogen-bond acceptors (Lipinski definition) is 5. The highest BCUT2D eigenvalue weighted by Crippen LogP contribution is 2.25. The Bertz CT molecular complexity index is 581. The molecule has 6 heteroatoms. The van der Waals surface area contributed by atoms with Crippen LogP contribution in [-0.2, 0) is 14.3 Å². The van der Waals surface area contributed by atoms with Gasteiger partial charge in [0.15, 0.2) is 0 Å². The second-order valence-corrected chi connectivity index (χ2v) is 5.61. The third-order valence-corrected chi connectivity index (χ3v) is 3.85. The average Bonchev–Trinajstić information content (AvgIpc) is 2.94. The minimum absolute atomic E-state index is 0.0520. The first-order valence-electron chi connectivity index (χ1n) is 7.81. The lowest BCUT2D eigenvalue weighted by molar-refractivity contribution is -0.310. The summed E-state index contributed by atoms with van der Waals surface area (Å²) in [6, 6.07) is 6.41. The minimum Gasteiger partial charge on any atom is -0.550 e. The van der Waals surface area contributed by atoms with Crippen molar-refractivity contribution in [1.29, 1.82) is 0 Å². The van der Waals surface area contributed by atoms with Crippen LogP contribution in [0.2, 0.25) is 0 Å². The number of carboxylic acid groups (broad SMARTS) is 1. The molecule has 1 amide bonds. The summed E-state index contributed by atoms with van der Waals surface area (Å²) >= 11 is 0. The number of carboxylic acids is 1. The van der Waals surface area contributed by atoms with Crippen molar-refractivity contribution >= 4 is 23.5 Å². The fraction of sp³-hybridized carbons (Fsp3) is 0.471. The standard InChI is InChI=1S/C17H21NO5/c1-2-3-4-9-23-17(22)12-5-7-14(8-6-12)18-11-13(16(20)21)10-15(18)19/h5-8,13H,2-4,9-11H2,1H3,(H,20,21)/p-1/t13-/m0/s1. The van der Waals surface area contributed by atoms with Crippen molar-refractivity contribution in [1.82, 2.24) is 0 Å². The number of unbranched alkanes of at least 4 members (excludes halogenated alkanes) is 2. The SMILES string of the molecule is CCCCCOC(=O)c1ccc(N2C[C@@H](C(=O)[O-])CC2=O)cc1. The van der Waals surface area contributed by atoms with Gasteiger partial charge in [0.2, 0.25) is 5.91 Å². The lowest BCUT2D eigenvalue weighted by Gasteiger charge is -2.17. The number of amides is 1. The summed E-state index contributed by atoms with van der Waals surface area (Å²) in [5.41, 5.74) is 0.981. The van der Waals surface area contributed by atoms with Gasteiger partial charge in [0.1, 0.15) is 0 Å². The van der Waals surface area contributed by atoms with Gasteiger partial charge in [-0.15, -0.1) is 0 Å². The molecular weight excluding hydrogens is 298 g/mol. The highest BCUT2D eigenvalue weighted by atomic mass is 16.5. The zero-order valence-corrected chi connectivity index (χ0v) is 13.1. The molecule has 1 aliphatic rings. The first-order valence-corrected chi connectivity index (χ1v) is 7.81. The van der Waals surface area contributed by atoms with E-state index in [1.165, 1.54) is 4.90 Å². The van der Waals surface area contributed by atoms with Crippen molar-refractivity contribution in [3.05, 3.63) is 29.8 Å². The summed E-state index contributed by atoms with van der Waals surface area (Å²) in [6.45, 7) is 2.57. The van der Waals surface area contributed by atoms with Crippen LogP contribution < -0.4 is 10.0 Å². The quantitative estimate of drug-likeness (QED) is 0.556. The van der Waals surface area contributed by atoms with E-state index in [0.717, 1.165) is 19.3 Å². The van der Waals surface area contributed by atoms with Crippen LogP contribution in [0, 0.1) is 5.92 Å². The van der Waals surface area contributed by atoms with E-state index in [1.54, 1.807) is 24.3 Å². The Balaban J connectivity index is 1.95. The maximum Gasteiger partial charge on any atom is 0.338 e.